The number of nitro benzene ring substituents is 1. The van der Waals surface area contributed by atoms with Crippen LogP contribution in [0.2, 0.25) is 0 Å². The molecule has 0 fully saturated rings. The second-order valence-corrected chi connectivity index (χ2v) is 3.54. The molecule has 0 aliphatic carbocycles. The fourth-order valence-corrected chi connectivity index (χ4v) is 1.42. The number of benzene rings is 1. The number of halogens is 1. The zero-order valence-corrected chi connectivity index (χ0v) is 10.4. The summed E-state index contributed by atoms with van der Waals surface area (Å²) < 4.78 is 9.92. The average Bonchev–Trinajstić information content (AvgIpc) is 2.34. The third-order valence-corrected chi connectivity index (χ3v) is 2.21. The predicted octanol–water partition coefficient (Wildman–Crippen LogP) is 2.39. The Bertz CT molecular complexity index is 512. The Hall–Kier alpha value is -2.08. The van der Waals surface area contributed by atoms with Gasteiger partial charge in [-0.3, -0.25) is 14.9 Å². The summed E-state index contributed by atoms with van der Waals surface area (Å²) in [6.45, 7) is 0. The number of carbonyl (C=O) groups excluding carboxylic acids is 1. The molecule has 0 saturated heterocycles. The molecule has 0 radical (unpaired) electrons. The van der Waals surface area contributed by atoms with Crippen molar-refractivity contribution in [3.05, 3.63) is 33.9 Å². The SMILES string of the molecule is COc1cc(/C=C/C(=O)Cl)cc([N+](=O)[O-])c1OC. The van der Waals surface area contributed by atoms with E-state index in [1.807, 2.05) is 0 Å². The van der Waals surface area contributed by atoms with Gasteiger partial charge in [0.25, 0.3) is 0 Å². The van der Waals surface area contributed by atoms with E-state index in [4.69, 9.17) is 21.1 Å². The van der Waals surface area contributed by atoms with Crippen LogP contribution >= 0.6 is 11.6 Å². The Morgan fingerprint density at radius 3 is 2.50 bits per heavy atom. The molecule has 6 nitrogen and oxygen atoms in total. The van der Waals surface area contributed by atoms with Crippen molar-refractivity contribution in [3.63, 3.8) is 0 Å². The first-order valence-electron chi connectivity index (χ1n) is 4.77. The van der Waals surface area contributed by atoms with Gasteiger partial charge in [0.05, 0.1) is 19.1 Å². The van der Waals surface area contributed by atoms with Crippen LogP contribution in [0.3, 0.4) is 0 Å². The number of allylic oxidation sites excluding steroid dienone is 1. The lowest BCUT2D eigenvalue weighted by Gasteiger charge is -2.08. The lowest BCUT2D eigenvalue weighted by molar-refractivity contribution is -0.385. The minimum atomic E-state index is -0.674. The maximum absolute atomic E-state index is 10.9. The van der Waals surface area contributed by atoms with Gasteiger partial charge in [-0.05, 0) is 35.4 Å². The van der Waals surface area contributed by atoms with Gasteiger partial charge in [0.15, 0.2) is 5.75 Å². The number of carbonyl (C=O) groups is 1. The minimum absolute atomic E-state index is 0.0249. The molecule has 0 amide bonds. The first kappa shape index (κ1) is 14.0. The Morgan fingerprint density at radius 1 is 1.39 bits per heavy atom. The Kier molecular flexibility index (Phi) is 4.67. The lowest BCUT2D eigenvalue weighted by Crippen LogP contribution is -1.97. The van der Waals surface area contributed by atoms with E-state index in [9.17, 15) is 14.9 Å². The molecule has 0 spiro atoms. The number of nitro groups is 1. The average molecular weight is 272 g/mol. The van der Waals surface area contributed by atoms with Gasteiger partial charge in [0, 0.05) is 6.07 Å². The summed E-state index contributed by atoms with van der Waals surface area (Å²) in [5.41, 5.74) is 0.159. The first-order chi connectivity index (χ1) is 8.49. The topological polar surface area (TPSA) is 78.7 Å². The predicted molar refractivity (Wildman–Crippen MR) is 66.1 cm³/mol. The van der Waals surface area contributed by atoms with E-state index in [-0.39, 0.29) is 17.2 Å². The zero-order valence-electron chi connectivity index (χ0n) is 9.68. The maximum atomic E-state index is 10.9. The number of hydrogen-bond donors (Lipinski definition) is 0. The van der Waals surface area contributed by atoms with Crippen molar-refractivity contribution in [2.45, 2.75) is 0 Å². The van der Waals surface area contributed by atoms with Crippen molar-refractivity contribution >= 4 is 28.6 Å². The van der Waals surface area contributed by atoms with Crippen LogP contribution in [0.5, 0.6) is 11.5 Å². The normalized spacial score (nSPS) is 10.4. The van der Waals surface area contributed by atoms with Gasteiger partial charge < -0.3 is 9.47 Å². The lowest BCUT2D eigenvalue weighted by atomic mass is 10.1. The van der Waals surface area contributed by atoms with Gasteiger partial charge in [-0.1, -0.05) is 0 Å². The summed E-state index contributed by atoms with van der Waals surface area (Å²) in [5, 5.41) is 10.2. The molecule has 0 N–H and O–H groups in total. The van der Waals surface area contributed by atoms with E-state index in [1.54, 1.807) is 0 Å². The zero-order chi connectivity index (χ0) is 13.7. The Labute approximate surface area is 108 Å². The number of nitrogens with zero attached hydrogens (tertiary/aromatic N) is 1. The van der Waals surface area contributed by atoms with Crippen molar-refractivity contribution in [1.82, 2.24) is 0 Å². The summed E-state index contributed by atoms with van der Waals surface area (Å²) in [7, 11) is 2.67. The quantitative estimate of drug-likeness (QED) is 0.356. The third kappa shape index (κ3) is 3.21. The van der Waals surface area contributed by atoms with Gasteiger partial charge in [-0.2, -0.15) is 0 Å². The van der Waals surface area contributed by atoms with Crippen LogP contribution in [0.4, 0.5) is 5.69 Å². The van der Waals surface area contributed by atoms with E-state index in [0.717, 1.165) is 6.08 Å². The van der Waals surface area contributed by atoms with Gasteiger partial charge in [-0.25, -0.2) is 0 Å². The van der Waals surface area contributed by atoms with Crippen molar-refractivity contribution in [3.8, 4) is 11.5 Å². The molecule has 1 rings (SSSR count). The second kappa shape index (κ2) is 6.02. The van der Waals surface area contributed by atoms with Gasteiger partial charge in [0.1, 0.15) is 0 Å². The standard InChI is InChI=1S/C11H10ClNO5/c1-17-9-6-7(3-4-10(12)14)5-8(13(15)16)11(9)18-2/h3-6H,1-2H3/b4-3+. The Morgan fingerprint density at radius 2 is 2.06 bits per heavy atom. The van der Waals surface area contributed by atoms with E-state index < -0.39 is 10.2 Å². The molecule has 0 atom stereocenters. The molecule has 0 heterocycles. The van der Waals surface area contributed by atoms with Crippen LogP contribution in [-0.2, 0) is 4.79 Å². The molecule has 0 unspecified atom stereocenters. The molecule has 18 heavy (non-hydrogen) atoms. The summed E-state index contributed by atoms with van der Waals surface area (Å²) in [6, 6.07) is 2.76. The fraction of sp³-hybridized carbons (Fsp3) is 0.182. The largest absolute Gasteiger partial charge is 0.493 e. The highest BCUT2D eigenvalue weighted by Crippen LogP contribution is 2.38. The molecular formula is C11H10ClNO5. The number of methoxy groups -OCH3 is 2. The first-order valence-corrected chi connectivity index (χ1v) is 5.15. The van der Waals surface area contributed by atoms with Crippen molar-refractivity contribution in [2.24, 2.45) is 0 Å². The molecular weight excluding hydrogens is 262 g/mol. The van der Waals surface area contributed by atoms with Crippen LogP contribution in [-0.4, -0.2) is 24.4 Å². The third-order valence-electron chi connectivity index (χ3n) is 2.09. The van der Waals surface area contributed by atoms with Gasteiger partial charge >= 0.3 is 5.69 Å². The van der Waals surface area contributed by atoms with E-state index in [0.29, 0.717) is 5.56 Å². The number of hydrogen-bond acceptors (Lipinski definition) is 5. The monoisotopic (exact) mass is 271 g/mol. The fourth-order valence-electron chi connectivity index (χ4n) is 1.36. The van der Waals surface area contributed by atoms with Crippen LogP contribution in [0, 0.1) is 10.1 Å². The smallest absolute Gasteiger partial charge is 0.315 e. The minimum Gasteiger partial charge on any atom is -0.493 e. The molecule has 0 bridgehead atoms. The molecule has 0 saturated carbocycles. The molecule has 96 valence electrons. The molecule has 0 aliphatic rings. The highest BCUT2D eigenvalue weighted by Gasteiger charge is 2.20. The summed E-state index contributed by atoms with van der Waals surface area (Å²) in [6.07, 6.45) is 2.44. The van der Waals surface area contributed by atoms with Crippen molar-refractivity contribution in [2.75, 3.05) is 14.2 Å². The van der Waals surface area contributed by atoms with E-state index >= 15 is 0 Å². The maximum Gasteiger partial charge on any atom is 0.315 e. The van der Waals surface area contributed by atoms with Crippen LogP contribution in [0.25, 0.3) is 6.08 Å². The number of ether oxygens (including phenoxy) is 2. The molecule has 0 aliphatic heterocycles. The van der Waals surface area contributed by atoms with Gasteiger partial charge in [0.2, 0.25) is 11.0 Å². The van der Waals surface area contributed by atoms with Crippen LogP contribution < -0.4 is 9.47 Å². The molecule has 1 aromatic rings. The van der Waals surface area contributed by atoms with Crippen LogP contribution in [0.1, 0.15) is 5.56 Å². The van der Waals surface area contributed by atoms with Crippen LogP contribution in [0.15, 0.2) is 18.2 Å². The molecule has 1 aromatic carbocycles. The van der Waals surface area contributed by atoms with Crippen molar-refractivity contribution < 1.29 is 19.2 Å². The number of rotatable bonds is 5. The highest BCUT2D eigenvalue weighted by molar-refractivity contribution is 6.66. The summed E-state index contributed by atoms with van der Waals surface area (Å²) in [4.78, 5) is 20.9. The molecule has 0 aromatic heterocycles. The van der Waals surface area contributed by atoms with E-state index in [2.05, 4.69) is 0 Å². The van der Waals surface area contributed by atoms with Gasteiger partial charge in [-0.15, -0.1) is 0 Å². The van der Waals surface area contributed by atoms with Crippen molar-refractivity contribution in [1.29, 1.82) is 0 Å². The Balaban J connectivity index is 3.36. The second-order valence-electron chi connectivity index (χ2n) is 3.17. The summed E-state index contributed by atoms with van der Waals surface area (Å²) >= 11 is 5.15. The van der Waals surface area contributed by atoms with E-state index in [1.165, 1.54) is 32.4 Å². The summed E-state index contributed by atoms with van der Waals surface area (Å²) in [5.74, 6) is 0.227. The molecule has 7 heteroatoms. The highest BCUT2D eigenvalue weighted by atomic mass is 35.5.